The first-order valence-electron chi connectivity index (χ1n) is 10.0. The number of anilines is 1. The summed E-state index contributed by atoms with van der Waals surface area (Å²) in [5.41, 5.74) is 1.97. The van der Waals surface area contributed by atoms with E-state index in [-0.39, 0.29) is 11.8 Å². The number of likely N-dealkylation sites (tertiary alicyclic amines) is 1. The number of allylic oxidation sites excluding steroid dienone is 2. The van der Waals surface area contributed by atoms with Crippen LogP contribution < -0.4 is 10.2 Å². The summed E-state index contributed by atoms with van der Waals surface area (Å²) in [6, 6.07) is 6.65. The molecule has 1 aromatic rings. The van der Waals surface area contributed by atoms with Crippen LogP contribution in [0, 0.1) is 11.8 Å². The van der Waals surface area contributed by atoms with Crippen molar-refractivity contribution in [1.82, 2.24) is 10.2 Å². The molecule has 1 N–H and O–H groups in total. The van der Waals surface area contributed by atoms with Crippen LogP contribution in [0.4, 0.5) is 5.69 Å². The van der Waals surface area contributed by atoms with Crippen molar-refractivity contribution in [3.8, 4) is 0 Å². The molecule has 160 valence electrons. The van der Waals surface area contributed by atoms with Gasteiger partial charge in [-0.2, -0.15) is 0 Å². The summed E-state index contributed by atoms with van der Waals surface area (Å²) >= 11 is 0. The second-order valence-electron chi connectivity index (χ2n) is 7.82. The van der Waals surface area contributed by atoms with Gasteiger partial charge >= 0.3 is 5.97 Å². The van der Waals surface area contributed by atoms with E-state index in [1.807, 2.05) is 55.4 Å². The quantitative estimate of drug-likeness (QED) is 0.411. The zero-order chi connectivity index (χ0) is 21.8. The molecule has 0 aromatic heterocycles. The lowest BCUT2D eigenvalue weighted by molar-refractivity contribution is -0.159. The normalized spacial score (nSPS) is 21.2. The van der Waals surface area contributed by atoms with Crippen molar-refractivity contribution in [2.45, 2.75) is 32.4 Å². The van der Waals surface area contributed by atoms with Crippen molar-refractivity contribution in [2.75, 3.05) is 25.6 Å². The number of esters is 1. The first kappa shape index (κ1) is 21.5. The zero-order valence-corrected chi connectivity index (χ0v) is 17.5. The minimum Gasteiger partial charge on any atom is -0.454 e. The maximum Gasteiger partial charge on any atom is 0.329 e. The second-order valence-corrected chi connectivity index (χ2v) is 7.82. The van der Waals surface area contributed by atoms with Gasteiger partial charge in [0.15, 0.2) is 6.61 Å². The third-order valence-corrected chi connectivity index (χ3v) is 5.56. The number of imide groups is 1. The van der Waals surface area contributed by atoms with Gasteiger partial charge in [-0.1, -0.05) is 24.3 Å². The highest BCUT2D eigenvalue weighted by Gasteiger charge is 2.50. The molecule has 0 bridgehead atoms. The summed E-state index contributed by atoms with van der Waals surface area (Å²) in [6.07, 6.45) is 4.78. The molecule has 1 fully saturated rings. The van der Waals surface area contributed by atoms with E-state index in [1.165, 1.54) is 6.92 Å². The van der Waals surface area contributed by atoms with Crippen LogP contribution in [0.5, 0.6) is 0 Å². The molecule has 3 amide bonds. The molecule has 30 heavy (non-hydrogen) atoms. The molecule has 0 saturated carbocycles. The summed E-state index contributed by atoms with van der Waals surface area (Å²) in [6.45, 7) is 1.29. The van der Waals surface area contributed by atoms with Gasteiger partial charge < -0.3 is 15.0 Å². The van der Waals surface area contributed by atoms with Crippen LogP contribution in [-0.4, -0.2) is 55.3 Å². The van der Waals surface area contributed by atoms with E-state index in [2.05, 4.69) is 5.32 Å². The van der Waals surface area contributed by atoms with Crippen molar-refractivity contribution >= 4 is 29.4 Å². The molecule has 3 rings (SSSR count). The molecule has 8 heteroatoms. The van der Waals surface area contributed by atoms with E-state index in [4.69, 9.17) is 4.74 Å². The van der Waals surface area contributed by atoms with Gasteiger partial charge in [0.05, 0.1) is 11.8 Å². The summed E-state index contributed by atoms with van der Waals surface area (Å²) < 4.78 is 5.05. The summed E-state index contributed by atoms with van der Waals surface area (Å²) in [4.78, 5) is 52.4. The van der Waals surface area contributed by atoms with Gasteiger partial charge in [0.1, 0.15) is 6.04 Å². The number of fused-ring (bicyclic) bond motifs is 1. The predicted octanol–water partition coefficient (Wildman–Crippen LogP) is 1.25. The van der Waals surface area contributed by atoms with E-state index in [0.29, 0.717) is 19.4 Å². The Kier molecular flexibility index (Phi) is 6.54. The fraction of sp³-hybridized carbons (Fsp3) is 0.455. The van der Waals surface area contributed by atoms with Crippen LogP contribution in [0.25, 0.3) is 0 Å². The Balaban J connectivity index is 1.47. The molecule has 8 nitrogen and oxygen atoms in total. The van der Waals surface area contributed by atoms with Gasteiger partial charge in [0.25, 0.3) is 5.91 Å². The van der Waals surface area contributed by atoms with Crippen molar-refractivity contribution in [3.63, 3.8) is 0 Å². The Morgan fingerprint density at radius 3 is 2.20 bits per heavy atom. The topological polar surface area (TPSA) is 96.0 Å². The molecule has 0 spiro atoms. The van der Waals surface area contributed by atoms with Crippen LogP contribution in [0.15, 0.2) is 36.4 Å². The minimum atomic E-state index is -1.05. The van der Waals surface area contributed by atoms with E-state index in [0.717, 1.165) is 16.2 Å². The number of carbonyl (C=O) groups excluding carboxylic acids is 4. The van der Waals surface area contributed by atoms with E-state index < -0.39 is 36.4 Å². The zero-order valence-electron chi connectivity index (χ0n) is 17.5. The Labute approximate surface area is 175 Å². The number of nitrogens with one attached hydrogen (secondary N) is 1. The van der Waals surface area contributed by atoms with Gasteiger partial charge in [-0.15, -0.1) is 0 Å². The largest absolute Gasteiger partial charge is 0.454 e. The third-order valence-electron chi connectivity index (χ3n) is 5.56. The van der Waals surface area contributed by atoms with Gasteiger partial charge in [-0.3, -0.25) is 19.3 Å². The monoisotopic (exact) mass is 413 g/mol. The molecule has 3 atom stereocenters. The lowest BCUT2D eigenvalue weighted by Crippen LogP contribution is -2.45. The lowest BCUT2D eigenvalue weighted by atomic mass is 9.85. The number of hydrogen-bond donors (Lipinski definition) is 1. The van der Waals surface area contributed by atoms with Gasteiger partial charge in [0, 0.05) is 26.3 Å². The van der Waals surface area contributed by atoms with E-state index in [1.54, 1.807) is 0 Å². The maximum absolute atomic E-state index is 12.5. The molecule has 2 aliphatic rings. The highest BCUT2D eigenvalue weighted by molar-refractivity contribution is 6.08. The van der Waals surface area contributed by atoms with Crippen LogP contribution in [0.3, 0.4) is 0 Å². The lowest BCUT2D eigenvalue weighted by Gasteiger charge is -2.21. The smallest absolute Gasteiger partial charge is 0.329 e. The minimum absolute atomic E-state index is 0.305. The Hall–Kier alpha value is -3.16. The number of rotatable bonds is 7. The van der Waals surface area contributed by atoms with Crippen molar-refractivity contribution in [1.29, 1.82) is 0 Å². The van der Waals surface area contributed by atoms with Crippen LogP contribution >= 0.6 is 0 Å². The molecule has 0 radical (unpaired) electrons. The number of carbonyl (C=O) groups is 4. The number of nitrogens with zero attached hydrogens (tertiary/aromatic N) is 2. The van der Waals surface area contributed by atoms with E-state index >= 15 is 0 Å². The molecular formula is C22H27N3O5. The van der Waals surface area contributed by atoms with Gasteiger partial charge in [-0.25, -0.2) is 4.79 Å². The standard InChI is InChI=1S/C22H27N3O5/c1-14(25-20(27)17-6-4-5-7-18(17)21(25)28)22(29)30-13-19(26)23-12-15-8-10-16(11-9-15)24(2)3/h4-5,8-11,14,17-18H,6-7,12-13H2,1-3H3,(H,23,26)/t14-,17-,18-/m0/s1. The van der Waals surface area contributed by atoms with E-state index in [9.17, 15) is 19.2 Å². The summed E-state index contributed by atoms with van der Waals surface area (Å²) in [7, 11) is 3.89. The van der Waals surface area contributed by atoms with Crippen LogP contribution in [0.2, 0.25) is 0 Å². The first-order valence-corrected chi connectivity index (χ1v) is 10.0. The van der Waals surface area contributed by atoms with Gasteiger partial charge in [-0.05, 0) is 37.5 Å². The average Bonchev–Trinajstić information content (AvgIpc) is 3.00. The molecule has 1 aliphatic carbocycles. The number of amides is 3. The van der Waals surface area contributed by atoms with Crippen LogP contribution in [-0.2, 0) is 30.5 Å². The number of benzene rings is 1. The maximum atomic E-state index is 12.5. The fourth-order valence-corrected chi connectivity index (χ4v) is 3.73. The van der Waals surface area contributed by atoms with Gasteiger partial charge in [0.2, 0.25) is 11.8 Å². The average molecular weight is 413 g/mol. The Morgan fingerprint density at radius 2 is 1.67 bits per heavy atom. The molecule has 1 aliphatic heterocycles. The summed E-state index contributed by atoms with van der Waals surface area (Å²) in [5.74, 6) is -2.72. The second kappa shape index (κ2) is 9.11. The highest BCUT2D eigenvalue weighted by atomic mass is 16.5. The van der Waals surface area contributed by atoms with Crippen molar-refractivity contribution < 1.29 is 23.9 Å². The third kappa shape index (κ3) is 4.53. The number of ether oxygens (including phenoxy) is 1. The fourth-order valence-electron chi connectivity index (χ4n) is 3.73. The number of hydrogen-bond acceptors (Lipinski definition) is 6. The molecule has 0 unspecified atom stereocenters. The van der Waals surface area contributed by atoms with Crippen LogP contribution in [0.1, 0.15) is 25.3 Å². The van der Waals surface area contributed by atoms with Crippen molar-refractivity contribution in [3.05, 3.63) is 42.0 Å². The predicted molar refractivity (Wildman–Crippen MR) is 110 cm³/mol. The SMILES string of the molecule is C[C@@H](C(=O)OCC(=O)NCc1ccc(N(C)C)cc1)N1C(=O)[C@H]2CC=CC[C@@H]2C1=O. The molecule has 1 heterocycles. The first-order chi connectivity index (χ1) is 14.3. The van der Waals surface area contributed by atoms with Crippen molar-refractivity contribution in [2.24, 2.45) is 11.8 Å². The molecule has 1 aromatic carbocycles. The highest BCUT2D eigenvalue weighted by Crippen LogP contribution is 2.36. The molecular weight excluding hydrogens is 386 g/mol. The summed E-state index contributed by atoms with van der Waals surface area (Å²) in [5, 5.41) is 2.68. The Bertz CT molecular complexity index is 836. The molecule has 1 saturated heterocycles. The Morgan fingerprint density at radius 1 is 1.10 bits per heavy atom.